The zero-order valence-electron chi connectivity index (χ0n) is 13.5. The Morgan fingerprint density at radius 2 is 1.76 bits per heavy atom. The van der Waals surface area contributed by atoms with Crippen molar-refractivity contribution in [1.29, 1.82) is 0 Å². The van der Waals surface area contributed by atoms with Gasteiger partial charge in [-0.2, -0.15) is 0 Å². The Hall–Kier alpha value is -1.51. The van der Waals surface area contributed by atoms with Gasteiger partial charge in [-0.3, -0.25) is 4.79 Å². The van der Waals surface area contributed by atoms with Gasteiger partial charge in [-0.15, -0.1) is 0 Å². The maximum Gasteiger partial charge on any atom is 0.248 e. The van der Waals surface area contributed by atoms with Crippen LogP contribution in [0, 0.1) is 11.3 Å². The Morgan fingerprint density at radius 3 is 2.24 bits per heavy atom. The van der Waals surface area contributed by atoms with Gasteiger partial charge in [0.15, 0.2) is 0 Å². The molecule has 1 saturated carbocycles. The van der Waals surface area contributed by atoms with Gasteiger partial charge < -0.3 is 11.1 Å². The molecule has 0 bridgehead atoms. The Labute approximate surface area is 128 Å². The Morgan fingerprint density at radius 1 is 1.19 bits per heavy atom. The van der Waals surface area contributed by atoms with E-state index in [1.165, 1.54) is 32.1 Å². The maximum absolute atomic E-state index is 11.1. The number of primary amides is 1. The van der Waals surface area contributed by atoms with Crippen LogP contribution in [-0.4, -0.2) is 11.9 Å². The van der Waals surface area contributed by atoms with Crippen molar-refractivity contribution in [2.45, 2.75) is 58.9 Å². The number of nitrogens with one attached hydrogen (secondary N) is 1. The first-order valence-corrected chi connectivity index (χ1v) is 8.09. The smallest absolute Gasteiger partial charge is 0.248 e. The van der Waals surface area contributed by atoms with E-state index in [-0.39, 0.29) is 5.91 Å². The summed E-state index contributed by atoms with van der Waals surface area (Å²) < 4.78 is 0. The van der Waals surface area contributed by atoms with Gasteiger partial charge in [-0.05, 0) is 61.3 Å². The Bertz CT molecular complexity index is 470. The SMILES string of the molecule is CCC(C)(C)C1CCC(Nc2ccc(C(N)=O)cc2)CC1. The number of carbonyl (C=O) groups is 1. The third-order valence-electron chi connectivity index (χ3n) is 5.28. The third kappa shape index (κ3) is 3.99. The lowest BCUT2D eigenvalue weighted by Gasteiger charge is -2.39. The molecule has 0 spiro atoms. The Kier molecular flexibility index (Phi) is 4.92. The van der Waals surface area contributed by atoms with E-state index in [1.807, 2.05) is 12.1 Å². The average molecular weight is 288 g/mol. The molecule has 21 heavy (non-hydrogen) atoms. The molecule has 3 N–H and O–H groups in total. The highest BCUT2D eigenvalue weighted by molar-refractivity contribution is 5.93. The molecule has 0 heterocycles. The lowest BCUT2D eigenvalue weighted by Crippen LogP contribution is -2.32. The Balaban J connectivity index is 1.87. The van der Waals surface area contributed by atoms with Crippen LogP contribution in [-0.2, 0) is 0 Å². The van der Waals surface area contributed by atoms with Crippen LogP contribution in [0.1, 0.15) is 63.2 Å². The van der Waals surface area contributed by atoms with Crippen LogP contribution in [0.2, 0.25) is 0 Å². The number of nitrogens with two attached hydrogens (primary N) is 1. The van der Waals surface area contributed by atoms with Crippen LogP contribution >= 0.6 is 0 Å². The first kappa shape index (κ1) is 15.9. The van der Waals surface area contributed by atoms with Gasteiger partial charge in [-0.1, -0.05) is 27.2 Å². The first-order chi connectivity index (χ1) is 9.92. The van der Waals surface area contributed by atoms with Crippen molar-refractivity contribution in [2.75, 3.05) is 5.32 Å². The summed E-state index contributed by atoms with van der Waals surface area (Å²) in [5.74, 6) is 0.474. The fourth-order valence-electron chi connectivity index (χ4n) is 3.27. The first-order valence-electron chi connectivity index (χ1n) is 8.09. The fraction of sp³-hybridized carbons (Fsp3) is 0.611. The zero-order chi connectivity index (χ0) is 15.5. The average Bonchev–Trinajstić information content (AvgIpc) is 2.48. The highest BCUT2D eigenvalue weighted by Gasteiger charge is 2.31. The van der Waals surface area contributed by atoms with E-state index in [0.29, 0.717) is 17.0 Å². The maximum atomic E-state index is 11.1. The highest BCUT2D eigenvalue weighted by Crippen LogP contribution is 2.40. The van der Waals surface area contributed by atoms with Gasteiger partial charge in [0.1, 0.15) is 0 Å². The van der Waals surface area contributed by atoms with E-state index < -0.39 is 0 Å². The van der Waals surface area contributed by atoms with Crippen LogP contribution in [0.3, 0.4) is 0 Å². The molecule has 1 amide bonds. The van der Waals surface area contributed by atoms with Crippen LogP contribution in [0.25, 0.3) is 0 Å². The molecule has 3 nitrogen and oxygen atoms in total. The number of benzene rings is 1. The molecule has 1 aromatic rings. The highest BCUT2D eigenvalue weighted by atomic mass is 16.1. The summed E-state index contributed by atoms with van der Waals surface area (Å²) in [6.07, 6.45) is 6.32. The number of carbonyl (C=O) groups excluding carboxylic acids is 1. The summed E-state index contributed by atoms with van der Waals surface area (Å²) in [5.41, 5.74) is 7.37. The van der Waals surface area contributed by atoms with Crippen molar-refractivity contribution < 1.29 is 4.79 Å². The topological polar surface area (TPSA) is 55.1 Å². The lowest BCUT2D eigenvalue weighted by atomic mass is 9.69. The number of rotatable bonds is 5. The minimum atomic E-state index is -0.371. The lowest BCUT2D eigenvalue weighted by molar-refractivity contribution is 0.100. The molecule has 3 heteroatoms. The largest absolute Gasteiger partial charge is 0.382 e. The molecule has 0 radical (unpaired) electrons. The molecule has 0 aromatic heterocycles. The van der Waals surface area contributed by atoms with Gasteiger partial charge in [0.25, 0.3) is 0 Å². The second kappa shape index (κ2) is 6.50. The molecule has 2 rings (SSSR count). The monoisotopic (exact) mass is 288 g/mol. The molecule has 0 saturated heterocycles. The van der Waals surface area contributed by atoms with Gasteiger partial charge >= 0.3 is 0 Å². The molecule has 0 unspecified atom stereocenters. The van der Waals surface area contributed by atoms with Crippen molar-refractivity contribution in [2.24, 2.45) is 17.1 Å². The molecule has 0 atom stereocenters. The predicted molar refractivity (Wildman–Crippen MR) is 88.4 cm³/mol. The zero-order valence-corrected chi connectivity index (χ0v) is 13.5. The van der Waals surface area contributed by atoms with Crippen molar-refractivity contribution in [3.8, 4) is 0 Å². The molecule has 1 aromatic carbocycles. The summed E-state index contributed by atoms with van der Waals surface area (Å²) in [5, 5.41) is 3.58. The number of hydrogen-bond donors (Lipinski definition) is 2. The number of amides is 1. The van der Waals surface area contributed by atoms with E-state index in [2.05, 4.69) is 26.1 Å². The summed E-state index contributed by atoms with van der Waals surface area (Å²) in [6.45, 7) is 7.09. The van der Waals surface area contributed by atoms with Crippen LogP contribution in [0.5, 0.6) is 0 Å². The van der Waals surface area contributed by atoms with E-state index in [9.17, 15) is 4.79 Å². The van der Waals surface area contributed by atoms with E-state index >= 15 is 0 Å². The summed E-state index contributed by atoms with van der Waals surface area (Å²) >= 11 is 0. The van der Waals surface area contributed by atoms with Crippen LogP contribution in [0.15, 0.2) is 24.3 Å². The van der Waals surface area contributed by atoms with E-state index in [0.717, 1.165) is 11.6 Å². The van der Waals surface area contributed by atoms with E-state index in [4.69, 9.17) is 5.73 Å². The van der Waals surface area contributed by atoms with Crippen LogP contribution in [0.4, 0.5) is 5.69 Å². The summed E-state index contributed by atoms with van der Waals surface area (Å²) in [7, 11) is 0. The summed E-state index contributed by atoms with van der Waals surface area (Å²) in [4.78, 5) is 11.1. The minimum Gasteiger partial charge on any atom is -0.382 e. The van der Waals surface area contributed by atoms with Crippen molar-refractivity contribution in [3.05, 3.63) is 29.8 Å². The van der Waals surface area contributed by atoms with Gasteiger partial charge in [0.2, 0.25) is 5.91 Å². The minimum absolute atomic E-state index is 0.371. The van der Waals surface area contributed by atoms with Gasteiger partial charge in [-0.25, -0.2) is 0 Å². The fourth-order valence-corrected chi connectivity index (χ4v) is 3.27. The molecule has 116 valence electrons. The van der Waals surface area contributed by atoms with E-state index in [1.54, 1.807) is 12.1 Å². The molecule has 1 aliphatic carbocycles. The molecular weight excluding hydrogens is 260 g/mol. The third-order valence-corrected chi connectivity index (χ3v) is 5.28. The quantitative estimate of drug-likeness (QED) is 0.853. The molecular formula is C18H28N2O. The van der Waals surface area contributed by atoms with Gasteiger partial charge in [0, 0.05) is 17.3 Å². The van der Waals surface area contributed by atoms with Gasteiger partial charge in [0.05, 0.1) is 0 Å². The number of anilines is 1. The van der Waals surface area contributed by atoms with Crippen molar-refractivity contribution >= 4 is 11.6 Å². The number of hydrogen-bond acceptors (Lipinski definition) is 2. The molecule has 1 aliphatic rings. The van der Waals surface area contributed by atoms with Crippen molar-refractivity contribution in [1.82, 2.24) is 0 Å². The second-order valence-corrected chi connectivity index (χ2v) is 6.98. The second-order valence-electron chi connectivity index (χ2n) is 6.98. The molecule has 0 aliphatic heterocycles. The van der Waals surface area contributed by atoms with Crippen LogP contribution < -0.4 is 11.1 Å². The standard InChI is InChI=1S/C18H28N2O/c1-4-18(2,3)14-7-11-16(12-8-14)20-15-9-5-13(6-10-15)17(19)21/h5-6,9-10,14,16,20H,4,7-8,11-12H2,1-3H3,(H2,19,21). The van der Waals surface area contributed by atoms with Crippen molar-refractivity contribution in [3.63, 3.8) is 0 Å². The predicted octanol–water partition coefficient (Wildman–Crippen LogP) is 4.19. The molecule has 1 fully saturated rings. The normalized spacial score (nSPS) is 22.8. The summed E-state index contributed by atoms with van der Waals surface area (Å²) in [6, 6.07) is 8.02.